The van der Waals surface area contributed by atoms with Crippen LogP contribution >= 0.6 is 0 Å². The summed E-state index contributed by atoms with van der Waals surface area (Å²) in [5.74, 6) is 0.641. The molecule has 0 saturated carbocycles. The van der Waals surface area contributed by atoms with Crippen LogP contribution in [-0.2, 0) is 16.0 Å². The third kappa shape index (κ3) is 5.69. The summed E-state index contributed by atoms with van der Waals surface area (Å²) in [6.07, 6.45) is 1.21. The first-order valence-corrected chi connectivity index (χ1v) is 10.8. The van der Waals surface area contributed by atoms with E-state index in [0.29, 0.717) is 17.3 Å². The van der Waals surface area contributed by atoms with Crippen LogP contribution in [0.1, 0.15) is 26.3 Å². The van der Waals surface area contributed by atoms with Gasteiger partial charge in [-0.1, -0.05) is 18.2 Å². The summed E-state index contributed by atoms with van der Waals surface area (Å²) < 4.78 is 5.27. The van der Waals surface area contributed by atoms with Crippen molar-refractivity contribution in [3.63, 3.8) is 0 Å². The number of ether oxygens (including phenoxy) is 1. The Morgan fingerprint density at radius 3 is 2.62 bits per heavy atom. The molecule has 4 aromatic rings. The van der Waals surface area contributed by atoms with E-state index in [4.69, 9.17) is 10.5 Å². The molecular formula is C25H26N6O3. The molecule has 2 heterocycles. The predicted molar refractivity (Wildman–Crippen MR) is 132 cm³/mol. The van der Waals surface area contributed by atoms with E-state index in [0.717, 1.165) is 27.6 Å². The van der Waals surface area contributed by atoms with Crippen molar-refractivity contribution < 1.29 is 14.3 Å². The van der Waals surface area contributed by atoms with E-state index in [1.807, 2.05) is 30.3 Å². The molecule has 174 valence electrons. The van der Waals surface area contributed by atoms with Gasteiger partial charge < -0.3 is 15.8 Å². The lowest BCUT2D eigenvalue weighted by Crippen LogP contribution is -2.27. The van der Waals surface area contributed by atoms with Gasteiger partial charge >= 0.3 is 6.09 Å². The van der Waals surface area contributed by atoms with Crippen molar-refractivity contribution in [3.8, 4) is 11.1 Å². The lowest BCUT2D eigenvalue weighted by Gasteiger charge is -2.19. The highest BCUT2D eigenvalue weighted by molar-refractivity contribution is 5.94. The van der Waals surface area contributed by atoms with Crippen molar-refractivity contribution in [3.05, 3.63) is 66.4 Å². The SMILES string of the molecule is CC(C)(C)OC(=O)Nc1cccc(CC(=O)Nc2cc(-c3ccc4[nH]nc(N)c4c3)ccn2)c1. The third-order valence-electron chi connectivity index (χ3n) is 4.89. The second-order valence-corrected chi connectivity index (χ2v) is 8.85. The number of aromatic nitrogens is 3. The highest BCUT2D eigenvalue weighted by Crippen LogP contribution is 2.27. The zero-order valence-electron chi connectivity index (χ0n) is 19.2. The number of hydrogen-bond donors (Lipinski definition) is 4. The van der Waals surface area contributed by atoms with E-state index >= 15 is 0 Å². The van der Waals surface area contributed by atoms with Crippen LogP contribution in [0.2, 0.25) is 0 Å². The summed E-state index contributed by atoms with van der Waals surface area (Å²) in [6.45, 7) is 5.38. The summed E-state index contributed by atoms with van der Waals surface area (Å²) in [5, 5.41) is 13.2. The van der Waals surface area contributed by atoms with E-state index in [-0.39, 0.29) is 12.3 Å². The van der Waals surface area contributed by atoms with Gasteiger partial charge in [-0.15, -0.1) is 0 Å². The van der Waals surface area contributed by atoms with E-state index < -0.39 is 11.7 Å². The van der Waals surface area contributed by atoms with Crippen molar-refractivity contribution in [2.24, 2.45) is 0 Å². The molecule has 4 rings (SSSR count). The molecular weight excluding hydrogens is 432 g/mol. The van der Waals surface area contributed by atoms with Gasteiger partial charge in [-0.05, 0) is 73.9 Å². The normalized spacial score (nSPS) is 11.3. The topological polar surface area (TPSA) is 135 Å². The Morgan fingerprint density at radius 1 is 1.03 bits per heavy atom. The van der Waals surface area contributed by atoms with Crippen LogP contribution < -0.4 is 16.4 Å². The van der Waals surface area contributed by atoms with Gasteiger partial charge in [-0.2, -0.15) is 5.10 Å². The number of H-pyrrole nitrogens is 1. The van der Waals surface area contributed by atoms with E-state index in [1.165, 1.54) is 0 Å². The largest absolute Gasteiger partial charge is 0.444 e. The lowest BCUT2D eigenvalue weighted by molar-refractivity contribution is -0.115. The van der Waals surface area contributed by atoms with E-state index in [1.54, 1.807) is 51.2 Å². The first kappa shape index (κ1) is 22.8. The summed E-state index contributed by atoms with van der Waals surface area (Å²) >= 11 is 0. The van der Waals surface area contributed by atoms with Gasteiger partial charge in [0, 0.05) is 17.3 Å². The molecule has 0 spiro atoms. The minimum absolute atomic E-state index is 0.118. The Bertz CT molecular complexity index is 1360. The van der Waals surface area contributed by atoms with Gasteiger partial charge in [0.1, 0.15) is 11.4 Å². The number of carbonyl (C=O) groups is 2. The van der Waals surface area contributed by atoms with Crippen molar-refractivity contribution in [1.29, 1.82) is 0 Å². The molecule has 2 amide bonds. The van der Waals surface area contributed by atoms with Crippen LogP contribution in [0.3, 0.4) is 0 Å². The Morgan fingerprint density at radius 2 is 1.82 bits per heavy atom. The first-order valence-electron chi connectivity index (χ1n) is 10.8. The van der Waals surface area contributed by atoms with Crippen molar-refractivity contribution in [2.45, 2.75) is 32.8 Å². The number of anilines is 3. The molecule has 0 unspecified atom stereocenters. The Balaban J connectivity index is 1.42. The minimum Gasteiger partial charge on any atom is -0.444 e. The van der Waals surface area contributed by atoms with Crippen LogP contribution in [0.15, 0.2) is 60.8 Å². The smallest absolute Gasteiger partial charge is 0.412 e. The molecule has 0 fully saturated rings. The fourth-order valence-electron chi connectivity index (χ4n) is 3.45. The van der Waals surface area contributed by atoms with Crippen LogP contribution in [0.4, 0.5) is 22.1 Å². The number of pyridine rings is 1. The molecule has 2 aromatic heterocycles. The Labute approximate surface area is 196 Å². The molecule has 5 N–H and O–H groups in total. The third-order valence-corrected chi connectivity index (χ3v) is 4.89. The first-order chi connectivity index (χ1) is 16.2. The summed E-state index contributed by atoms with van der Waals surface area (Å²) in [5.41, 5.74) is 9.28. The Hall–Kier alpha value is -4.40. The number of benzene rings is 2. The molecule has 0 bridgehead atoms. The van der Waals surface area contributed by atoms with E-state index in [2.05, 4.69) is 25.8 Å². The molecule has 0 aliphatic rings. The van der Waals surface area contributed by atoms with Gasteiger partial charge in [0.25, 0.3) is 0 Å². The number of nitrogens with one attached hydrogen (secondary N) is 3. The molecule has 34 heavy (non-hydrogen) atoms. The number of hydrogen-bond acceptors (Lipinski definition) is 6. The zero-order valence-corrected chi connectivity index (χ0v) is 19.2. The predicted octanol–water partition coefficient (Wildman–Crippen LogP) is 4.74. The summed E-state index contributed by atoms with van der Waals surface area (Å²) in [7, 11) is 0. The number of aromatic amines is 1. The van der Waals surface area contributed by atoms with Crippen LogP contribution in [0.5, 0.6) is 0 Å². The number of nitrogens with two attached hydrogens (primary N) is 1. The van der Waals surface area contributed by atoms with Gasteiger partial charge in [0.05, 0.1) is 11.9 Å². The molecule has 2 aromatic carbocycles. The van der Waals surface area contributed by atoms with Crippen molar-refractivity contribution in [2.75, 3.05) is 16.4 Å². The fourth-order valence-corrected chi connectivity index (χ4v) is 3.45. The average molecular weight is 459 g/mol. The highest BCUT2D eigenvalue weighted by Gasteiger charge is 2.16. The maximum atomic E-state index is 12.6. The molecule has 0 saturated heterocycles. The maximum Gasteiger partial charge on any atom is 0.412 e. The molecule has 0 atom stereocenters. The second kappa shape index (κ2) is 9.22. The monoisotopic (exact) mass is 458 g/mol. The summed E-state index contributed by atoms with van der Waals surface area (Å²) in [4.78, 5) is 28.9. The fraction of sp³-hybridized carbons (Fsp3) is 0.200. The van der Waals surface area contributed by atoms with Gasteiger partial charge in [-0.25, -0.2) is 9.78 Å². The van der Waals surface area contributed by atoms with Crippen LogP contribution in [-0.4, -0.2) is 32.8 Å². The minimum atomic E-state index is -0.597. The summed E-state index contributed by atoms with van der Waals surface area (Å²) in [6, 6.07) is 16.5. The Kier molecular flexibility index (Phi) is 6.18. The molecule has 0 radical (unpaired) electrons. The molecule has 9 nitrogen and oxygen atoms in total. The second-order valence-electron chi connectivity index (χ2n) is 8.85. The molecule has 0 aliphatic heterocycles. The maximum absolute atomic E-state index is 12.6. The number of rotatable bonds is 5. The number of fused-ring (bicyclic) bond motifs is 1. The number of nitrogens with zero attached hydrogens (tertiary/aromatic N) is 2. The number of amides is 2. The highest BCUT2D eigenvalue weighted by atomic mass is 16.6. The van der Waals surface area contributed by atoms with Gasteiger partial charge in [0.15, 0.2) is 5.82 Å². The zero-order chi connectivity index (χ0) is 24.3. The molecule has 9 heteroatoms. The van der Waals surface area contributed by atoms with Crippen LogP contribution in [0.25, 0.3) is 22.0 Å². The standard InChI is InChI=1S/C25H26N6O3/c1-25(2,3)34-24(33)28-18-6-4-5-15(11-18)12-22(32)29-21-14-17(9-10-27-21)16-7-8-20-19(13-16)23(26)31-30-20/h4-11,13-14H,12H2,1-3H3,(H,28,33)(H3,26,30,31)(H,27,29,32). The quantitative estimate of drug-likeness (QED) is 0.341. The average Bonchev–Trinajstić information content (AvgIpc) is 3.13. The van der Waals surface area contributed by atoms with E-state index in [9.17, 15) is 9.59 Å². The number of carbonyl (C=O) groups excluding carboxylic acids is 2. The van der Waals surface area contributed by atoms with Crippen molar-refractivity contribution >= 4 is 40.2 Å². The molecule has 0 aliphatic carbocycles. The number of nitrogen functional groups attached to an aromatic ring is 1. The van der Waals surface area contributed by atoms with Crippen LogP contribution in [0, 0.1) is 0 Å². The lowest BCUT2D eigenvalue weighted by atomic mass is 10.0. The van der Waals surface area contributed by atoms with Gasteiger partial charge in [-0.3, -0.25) is 15.2 Å². The van der Waals surface area contributed by atoms with Crippen molar-refractivity contribution in [1.82, 2.24) is 15.2 Å². The van der Waals surface area contributed by atoms with Gasteiger partial charge in [0.2, 0.25) is 5.91 Å².